The van der Waals surface area contributed by atoms with Gasteiger partial charge in [-0.2, -0.15) is 5.10 Å². The fourth-order valence-electron chi connectivity index (χ4n) is 1.62. The SMILES string of the molecule is CC(=NNC(N)=S)c1ccc(-c2sc([N+](=O)[O-])cc2[N+](=O)[O-])s1. The zero-order valence-corrected chi connectivity index (χ0v) is 14.0. The molecule has 0 bridgehead atoms. The first kappa shape index (κ1) is 16.9. The highest BCUT2D eigenvalue weighted by molar-refractivity contribution is 7.80. The third-order valence-electron chi connectivity index (χ3n) is 2.60. The van der Waals surface area contributed by atoms with Crippen LogP contribution in [0.1, 0.15) is 11.8 Å². The molecule has 0 fully saturated rings. The van der Waals surface area contributed by atoms with Gasteiger partial charge >= 0.3 is 5.00 Å². The molecule has 23 heavy (non-hydrogen) atoms. The van der Waals surface area contributed by atoms with E-state index >= 15 is 0 Å². The molecule has 12 heteroatoms. The summed E-state index contributed by atoms with van der Waals surface area (Å²) < 4.78 is 0. The maximum atomic E-state index is 11.1. The fourth-order valence-corrected chi connectivity index (χ4v) is 3.68. The van der Waals surface area contributed by atoms with Gasteiger partial charge in [0.2, 0.25) is 0 Å². The van der Waals surface area contributed by atoms with Crippen LogP contribution < -0.4 is 11.2 Å². The van der Waals surface area contributed by atoms with Gasteiger partial charge in [0, 0.05) is 0 Å². The van der Waals surface area contributed by atoms with Crippen LogP contribution in [-0.2, 0) is 0 Å². The Morgan fingerprint density at radius 2 is 2.00 bits per heavy atom. The zero-order valence-electron chi connectivity index (χ0n) is 11.5. The molecule has 0 atom stereocenters. The highest BCUT2D eigenvalue weighted by Crippen LogP contribution is 2.44. The normalized spacial score (nSPS) is 11.3. The monoisotopic (exact) mass is 371 g/mol. The quantitative estimate of drug-likeness (QED) is 0.357. The van der Waals surface area contributed by atoms with Crippen LogP contribution in [0.4, 0.5) is 10.7 Å². The van der Waals surface area contributed by atoms with E-state index in [2.05, 4.69) is 22.7 Å². The molecule has 0 saturated heterocycles. The molecular weight excluding hydrogens is 362 g/mol. The van der Waals surface area contributed by atoms with Gasteiger partial charge in [-0.15, -0.1) is 11.3 Å². The van der Waals surface area contributed by atoms with Gasteiger partial charge in [-0.25, -0.2) is 0 Å². The molecule has 0 aliphatic carbocycles. The molecule has 3 N–H and O–H groups in total. The predicted molar refractivity (Wildman–Crippen MR) is 93.1 cm³/mol. The first-order valence-electron chi connectivity index (χ1n) is 5.92. The Morgan fingerprint density at radius 3 is 2.57 bits per heavy atom. The molecular formula is C11H9N5O4S3. The number of nitrogens with zero attached hydrogens (tertiary/aromatic N) is 3. The average molecular weight is 371 g/mol. The van der Waals surface area contributed by atoms with E-state index in [9.17, 15) is 20.2 Å². The number of thiocarbonyl (C=S) groups is 1. The smallest absolute Gasteiger partial charge is 0.331 e. The van der Waals surface area contributed by atoms with Crippen molar-refractivity contribution in [1.82, 2.24) is 5.43 Å². The summed E-state index contributed by atoms with van der Waals surface area (Å²) >= 11 is 6.64. The zero-order chi connectivity index (χ0) is 17.1. The predicted octanol–water partition coefficient (Wildman–Crippen LogP) is 2.85. The Hall–Kier alpha value is -2.44. The molecule has 0 radical (unpaired) electrons. The van der Waals surface area contributed by atoms with Gasteiger partial charge in [0.05, 0.1) is 25.3 Å². The molecule has 0 aliphatic heterocycles. The molecule has 2 heterocycles. The lowest BCUT2D eigenvalue weighted by molar-refractivity contribution is -0.389. The van der Waals surface area contributed by atoms with Gasteiger partial charge in [0.25, 0.3) is 5.69 Å². The first-order chi connectivity index (χ1) is 10.8. The van der Waals surface area contributed by atoms with Crippen molar-refractivity contribution in [2.75, 3.05) is 0 Å². The summed E-state index contributed by atoms with van der Waals surface area (Å²) in [7, 11) is 0. The minimum absolute atomic E-state index is 0.0191. The van der Waals surface area contributed by atoms with Crippen molar-refractivity contribution in [2.45, 2.75) is 6.92 Å². The van der Waals surface area contributed by atoms with Crippen molar-refractivity contribution >= 4 is 56.4 Å². The maximum absolute atomic E-state index is 11.1. The summed E-state index contributed by atoms with van der Waals surface area (Å²) in [4.78, 5) is 22.2. The van der Waals surface area contributed by atoms with Crippen LogP contribution in [0.5, 0.6) is 0 Å². The topological polar surface area (TPSA) is 137 Å². The lowest BCUT2D eigenvalue weighted by Gasteiger charge is -1.98. The summed E-state index contributed by atoms with van der Waals surface area (Å²) in [5, 5.41) is 25.6. The summed E-state index contributed by atoms with van der Waals surface area (Å²) in [5.41, 5.74) is 8.03. The molecule has 2 rings (SSSR count). The van der Waals surface area contributed by atoms with E-state index in [1.54, 1.807) is 19.1 Å². The number of hydrogen-bond acceptors (Lipinski definition) is 8. The molecule has 2 aromatic heterocycles. The second-order valence-corrected chi connectivity index (χ2v) is 6.70. The molecule has 0 amide bonds. The van der Waals surface area contributed by atoms with Crippen molar-refractivity contribution in [3.8, 4) is 9.75 Å². The second-order valence-electron chi connectivity index (χ2n) is 4.15. The van der Waals surface area contributed by atoms with Crippen molar-refractivity contribution < 1.29 is 9.85 Å². The lowest BCUT2D eigenvalue weighted by atomic mass is 10.3. The molecule has 120 valence electrons. The Balaban J connectivity index is 2.40. The molecule has 0 aliphatic rings. The summed E-state index contributed by atoms with van der Waals surface area (Å²) in [5.74, 6) is 0. The largest absolute Gasteiger partial charge is 0.375 e. The van der Waals surface area contributed by atoms with Gasteiger partial charge in [-0.05, 0) is 31.3 Å². The van der Waals surface area contributed by atoms with Crippen LogP contribution in [-0.4, -0.2) is 20.7 Å². The maximum Gasteiger partial charge on any atom is 0.331 e. The van der Waals surface area contributed by atoms with Crippen LogP contribution in [0.15, 0.2) is 23.3 Å². The number of hydrogen-bond donors (Lipinski definition) is 2. The molecule has 0 unspecified atom stereocenters. The molecule has 0 aromatic carbocycles. The van der Waals surface area contributed by atoms with Crippen molar-refractivity contribution in [3.05, 3.63) is 43.3 Å². The Bertz CT molecular complexity index is 825. The number of nitro groups is 2. The molecule has 9 nitrogen and oxygen atoms in total. The number of hydrazone groups is 1. The minimum atomic E-state index is -0.644. The van der Waals surface area contributed by atoms with Crippen LogP contribution in [0.3, 0.4) is 0 Å². The van der Waals surface area contributed by atoms with Gasteiger partial charge < -0.3 is 5.73 Å². The highest BCUT2D eigenvalue weighted by Gasteiger charge is 2.27. The average Bonchev–Trinajstić information content (AvgIpc) is 3.10. The van der Waals surface area contributed by atoms with Crippen molar-refractivity contribution in [1.29, 1.82) is 0 Å². The summed E-state index contributed by atoms with van der Waals surface area (Å²) in [6.45, 7) is 1.71. The Morgan fingerprint density at radius 1 is 1.30 bits per heavy atom. The van der Waals surface area contributed by atoms with Crippen LogP contribution in [0.2, 0.25) is 0 Å². The third-order valence-corrected chi connectivity index (χ3v) is 5.14. The first-order valence-corrected chi connectivity index (χ1v) is 7.96. The van der Waals surface area contributed by atoms with E-state index < -0.39 is 9.85 Å². The van der Waals surface area contributed by atoms with Gasteiger partial charge in [-0.3, -0.25) is 25.7 Å². The van der Waals surface area contributed by atoms with Gasteiger partial charge in [0.1, 0.15) is 10.9 Å². The Labute approximate surface area is 142 Å². The van der Waals surface area contributed by atoms with E-state index in [-0.39, 0.29) is 20.7 Å². The van der Waals surface area contributed by atoms with E-state index in [4.69, 9.17) is 5.73 Å². The van der Waals surface area contributed by atoms with Gasteiger partial charge in [-0.1, -0.05) is 11.3 Å². The molecule has 0 saturated carbocycles. The second kappa shape index (κ2) is 6.76. The fraction of sp³-hybridized carbons (Fsp3) is 0.0909. The summed E-state index contributed by atoms with van der Waals surface area (Å²) in [6.07, 6.45) is 0. The van der Waals surface area contributed by atoms with Crippen molar-refractivity contribution in [3.63, 3.8) is 0 Å². The van der Waals surface area contributed by atoms with Crippen molar-refractivity contribution in [2.24, 2.45) is 10.8 Å². The number of nitrogens with one attached hydrogen (secondary N) is 1. The lowest BCUT2D eigenvalue weighted by Crippen LogP contribution is -2.25. The number of thiophene rings is 2. The van der Waals surface area contributed by atoms with Crippen LogP contribution in [0.25, 0.3) is 9.75 Å². The molecule has 2 aromatic rings. The number of rotatable bonds is 5. The molecule has 0 spiro atoms. The van der Waals surface area contributed by atoms with E-state index in [0.29, 0.717) is 10.6 Å². The van der Waals surface area contributed by atoms with E-state index in [0.717, 1.165) is 22.3 Å². The standard InChI is InChI=1S/C11H9N5O4S3/c1-5(13-14-11(12)21)7-2-3-8(22-7)10-6(15(17)18)4-9(23-10)16(19)20/h2-4H,1H3,(H3,12,14,21). The van der Waals surface area contributed by atoms with Crippen LogP contribution in [0, 0.1) is 20.2 Å². The minimum Gasteiger partial charge on any atom is -0.375 e. The van der Waals surface area contributed by atoms with Crippen LogP contribution >= 0.6 is 34.9 Å². The van der Waals surface area contributed by atoms with E-state index in [1.165, 1.54) is 11.3 Å². The Kier molecular flexibility index (Phi) is 4.98. The van der Waals surface area contributed by atoms with Gasteiger partial charge in [0.15, 0.2) is 5.11 Å². The highest BCUT2D eigenvalue weighted by atomic mass is 32.1. The third kappa shape index (κ3) is 3.85. The number of nitrogens with two attached hydrogens (primary N) is 1. The summed E-state index contributed by atoms with van der Waals surface area (Å²) in [6, 6.07) is 4.34. The van der Waals surface area contributed by atoms with E-state index in [1.807, 2.05) is 0 Å².